The van der Waals surface area contributed by atoms with Crippen molar-refractivity contribution in [1.29, 1.82) is 0 Å². The Hall–Kier alpha value is -4.12. The van der Waals surface area contributed by atoms with E-state index in [1.165, 1.54) is 0 Å². The highest BCUT2D eigenvalue weighted by Gasteiger charge is 2.11. The van der Waals surface area contributed by atoms with Gasteiger partial charge >= 0.3 is 6.03 Å². The lowest BCUT2D eigenvalue weighted by Crippen LogP contribution is -2.14. The Kier molecular flexibility index (Phi) is 4.41. The van der Waals surface area contributed by atoms with Crippen LogP contribution in [0, 0.1) is 6.92 Å². The molecule has 2 N–H and O–H groups in total. The van der Waals surface area contributed by atoms with E-state index in [1.807, 2.05) is 91.9 Å². The Morgan fingerprint density at radius 1 is 0.900 bits per heavy atom. The first-order valence-electron chi connectivity index (χ1n) is 9.69. The first kappa shape index (κ1) is 17.9. The zero-order valence-corrected chi connectivity index (χ0v) is 16.3. The molecule has 0 spiro atoms. The molecule has 0 radical (unpaired) electrons. The molecule has 0 unspecified atom stereocenters. The molecule has 0 bridgehead atoms. The third-order valence-electron chi connectivity index (χ3n) is 4.98. The van der Waals surface area contributed by atoms with Crippen molar-refractivity contribution in [2.45, 2.75) is 6.92 Å². The number of benzene rings is 3. The van der Waals surface area contributed by atoms with Gasteiger partial charge in [-0.3, -0.25) is 0 Å². The van der Waals surface area contributed by atoms with Crippen molar-refractivity contribution in [2.75, 3.05) is 5.32 Å². The number of aromatic nitrogens is 1. The van der Waals surface area contributed by atoms with Gasteiger partial charge in [0, 0.05) is 22.0 Å². The molecular formula is C25H19N3O2. The number of nitrogens with zero attached hydrogens (tertiary/aromatic N) is 1. The van der Waals surface area contributed by atoms with Gasteiger partial charge in [-0.25, -0.2) is 4.79 Å². The normalized spacial score (nSPS) is 11.8. The van der Waals surface area contributed by atoms with Crippen LogP contribution in [-0.4, -0.2) is 11.0 Å². The van der Waals surface area contributed by atoms with E-state index in [0.717, 1.165) is 33.1 Å². The maximum Gasteiger partial charge on any atom is 0.348 e. The van der Waals surface area contributed by atoms with E-state index in [-0.39, 0.29) is 5.55 Å². The fourth-order valence-electron chi connectivity index (χ4n) is 3.44. The third-order valence-corrected chi connectivity index (χ3v) is 4.98. The van der Waals surface area contributed by atoms with Crippen LogP contribution in [0.5, 0.6) is 0 Å². The van der Waals surface area contributed by atoms with Gasteiger partial charge in [0.05, 0.1) is 11.3 Å². The molecule has 0 saturated heterocycles. The van der Waals surface area contributed by atoms with Crippen molar-refractivity contribution in [3.8, 4) is 11.3 Å². The van der Waals surface area contributed by atoms with E-state index < -0.39 is 6.03 Å². The summed E-state index contributed by atoms with van der Waals surface area (Å²) in [5, 5.41) is 4.81. The number of carbonyl (C=O) groups is 1. The summed E-state index contributed by atoms with van der Waals surface area (Å²) in [4.78, 5) is 20.2. The standard InChI is InChI=1S/C25H19N3O2/c1-16-10-12-19(13-11-16)26-25(29)28-24-20(14-18-7-3-5-9-23(18)30-24)22-15-17-6-2-4-8-21(17)27-22/h2-15,27H,1H3,(H,26,29)/b28-24-. The van der Waals surface area contributed by atoms with E-state index >= 15 is 0 Å². The van der Waals surface area contributed by atoms with E-state index in [0.29, 0.717) is 11.3 Å². The molecule has 0 fully saturated rings. The molecule has 0 aliphatic rings. The SMILES string of the molecule is Cc1ccc(NC(=O)/N=c2\oc3ccccc3cc2-c2cc3ccccc3[nH]2)cc1. The minimum absolute atomic E-state index is 0.255. The minimum atomic E-state index is -0.491. The first-order chi connectivity index (χ1) is 14.7. The number of rotatable bonds is 2. The van der Waals surface area contributed by atoms with Gasteiger partial charge in [-0.2, -0.15) is 4.99 Å². The highest BCUT2D eigenvalue weighted by molar-refractivity contribution is 5.91. The Morgan fingerprint density at radius 2 is 1.63 bits per heavy atom. The Labute approximate surface area is 172 Å². The lowest BCUT2D eigenvalue weighted by atomic mass is 10.1. The molecule has 2 amide bonds. The van der Waals surface area contributed by atoms with E-state index in [2.05, 4.69) is 15.3 Å². The number of hydrogen-bond acceptors (Lipinski definition) is 2. The first-order valence-corrected chi connectivity index (χ1v) is 9.69. The molecule has 3 aromatic carbocycles. The van der Waals surface area contributed by atoms with Crippen molar-refractivity contribution in [3.05, 3.63) is 96.0 Å². The van der Waals surface area contributed by atoms with Gasteiger partial charge < -0.3 is 14.7 Å². The van der Waals surface area contributed by atoms with Crippen molar-refractivity contribution >= 4 is 33.6 Å². The number of aromatic amines is 1. The largest absolute Gasteiger partial charge is 0.438 e. The summed E-state index contributed by atoms with van der Waals surface area (Å²) in [7, 11) is 0. The van der Waals surface area contributed by atoms with Crippen LogP contribution in [-0.2, 0) is 0 Å². The molecule has 146 valence electrons. The van der Waals surface area contributed by atoms with Crippen LogP contribution in [0.25, 0.3) is 33.1 Å². The number of hydrogen-bond donors (Lipinski definition) is 2. The topological polar surface area (TPSA) is 70.4 Å². The molecule has 0 aliphatic carbocycles. The molecule has 5 heteroatoms. The monoisotopic (exact) mass is 393 g/mol. The van der Waals surface area contributed by atoms with Gasteiger partial charge in [-0.15, -0.1) is 0 Å². The maximum atomic E-state index is 12.6. The quantitative estimate of drug-likeness (QED) is 0.385. The zero-order chi connectivity index (χ0) is 20.5. The molecule has 0 atom stereocenters. The molecule has 5 aromatic rings. The molecule has 0 saturated carbocycles. The fraction of sp³-hybridized carbons (Fsp3) is 0.0400. The number of fused-ring (bicyclic) bond motifs is 2. The number of anilines is 1. The zero-order valence-electron chi connectivity index (χ0n) is 16.3. The lowest BCUT2D eigenvalue weighted by Gasteiger charge is -2.04. The number of urea groups is 1. The average Bonchev–Trinajstić information content (AvgIpc) is 3.19. The van der Waals surface area contributed by atoms with Gasteiger partial charge in [0.25, 0.3) is 0 Å². The molecular weight excluding hydrogens is 374 g/mol. The third kappa shape index (κ3) is 3.49. The predicted molar refractivity (Wildman–Crippen MR) is 119 cm³/mol. The van der Waals surface area contributed by atoms with Crippen LogP contribution >= 0.6 is 0 Å². The number of nitrogens with one attached hydrogen (secondary N) is 2. The van der Waals surface area contributed by atoms with E-state index in [9.17, 15) is 4.79 Å². The lowest BCUT2D eigenvalue weighted by molar-refractivity contribution is 0.258. The number of H-pyrrole nitrogens is 1. The van der Waals surface area contributed by atoms with Gasteiger partial charge in [-0.1, -0.05) is 54.1 Å². The fourth-order valence-corrected chi connectivity index (χ4v) is 3.44. The van der Waals surface area contributed by atoms with Gasteiger partial charge in [0.1, 0.15) is 5.58 Å². The summed E-state index contributed by atoms with van der Waals surface area (Å²) >= 11 is 0. The van der Waals surface area contributed by atoms with Crippen molar-refractivity contribution in [1.82, 2.24) is 4.98 Å². The number of para-hydroxylation sites is 2. The second-order valence-corrected chi connectivity index (χ2v) is 7.18. The Bertz CT molecular complexity index is 1410. The maximum absolute atomic E-state index is 12.6. The van der Waals surface area contributed by atoms with Gasteiger partial charge in [0.2, 0.25) is 5.55 Å². The molecule has 2 heterocycles. The second kappa shape index (κ2) is 7.37. The summed E-state index contributed by atoms with van der Waals surface area (Å²) in [6.45, 7) is 2.00. The smallest absolute Gasteiger partial charge is 0.348 e. The molecule has 5 rings (SSSR count). The number of aryl methyl sites for hydroxylation is 1. The summed E-state index contributed by atoms with van der Waals surface area (Å²) in [5.41, 5.74) is 5.30. The van der Waals surface area contributed by atoms with Crippen LogP contribution in [0.15, 0.2) is 94.3 Å². The van der Waals surface area contributed by atoms with E-state index in [4.69, 9.17) is 4.42 Å². The van der Waals surface area contributed by atoms with Crippen LogP contribution in [0.4, 0.5) is 10.5 Å². The molecule has 2 aromatic heterocycles. The van der Waals surface area contributed by atoms with Crippen molar-refractivity contribution in [3.63, 3.8) is 0 Å². The second-order valence-electron chi connectivity index (χ2n) is 7.18. The van der Waals surface area contributed by atoms with Crippen LogP contribution in [0.2, 0.25) is 0 Å². The highest BCUT2D eigenvalue weighted by Crippen LogP contribution is 2.24. The predicted octanol–water partition coefficient (Wildman–Crippen LogP) is 6.02. The summed E-state index contributed by atoms with van der Waals surface area (Å²) < 4.78 is 6.02. The minimum Gasteiger partial charge on any atom is -0.438 e. The van der Waals surface area contributed by atoms with Crippen LogP contribution in [0.1, 0.15) is 5.56 Å². The molecule has 30 heavy (non-hydrogen) atoms. The van der Waals surface area contributed by atoms with Crippen LogP contribution in [0.3, 0.4) is 0 Å². The van der Waals surface area contributed by atoms with E-state index in [1.54, 1.807) is 0 Å². The summed E-state index contributed by atoms with van der Waals surface area (Å²) in [5.74, 6) is 0. The Balaban J connectivity index is 1.63. The van der Waals surface area contributed by atoms with Gasteiger partial charge in [0.15, 0.2) is 0 Å². The molecule has 0 aliphatic heterocycles. The van der Waals surface area contributed by atoms with Crippen molar-refractivity contribution in [2.24, 2.45) is 4.99 Å². The number of carbonyl (C=O) groups excluding carboxylic acids is 1. The van der Waals surface area contributed by atoms with Gasteiger partial charge in [-0.05, 0) is 43.3 Å². The summed E-state index contributed by atoms with van der Waals surface area (Å²) in [6.07, 6.45) is 0. The molecule has 5 nitrogen and oxygen atoms in total. The highest BCUT2D eigenvalue weighted by atomic mass is 16.3. The van der Waals surface area contributed by atoms with Crippen molar-refractivity contribution < 1.29 is 9.21 Å². The summed E-state index contributed by atoms with van der Waals surface area (Å²) in [6, 6.07) is 26.8. The average molecular weight is 393 g/mol. The number of amides is 2. The Morgan fingerprint density at radius 3 is 2.43 bits per heavy atom. The van der Waals surface area contributed by atoms with Crippen LogP contribution < -0.4 is 10.9 Å².